The summed E-state index contributed by atoms with van der Waals surface area (Å²) in [5.41, 5.74) is 1.91. The molecule has 17 heavy (non-hydrogen) atoms. The molecule has 5 nitrogen and oxygen atoms in total. The second-order valence-corrected chi connectivity index (χ2v) is 3.59. The fraction of sp³-hybridized carbons (Fsp3) is 0.333. The molecule has 0 radical (unpaired) electrons. The lowest BCUT2D eigenvalue weighted by Gasteiger charge is -2.17. The van der Waals surface area contributed by atoms with Crippen molar-refractivity contribution in [3.05, 3.63) is 41.7 Å². The van der Waals surface area contributed by atoms with E-state index in [9.17, 15) is 0 Å². The van der Waals surface area contributed by atoms with Gasteiger partial charge in [0.25, 0.3) is 0 Å². The number of hydrogen-bond donors (Lipinski definition) is 2. The third-order valence-electron chi connectivity index (χ3n) is 2.55. The van der Waals surface area contributed by atoms with E-state index in [1.165, 1.54) is 0 Å². The van der Waals surface area contributed by atoms with Crippen LogP contribution < -0.4 is 10.1 Å². The summed E-state index contributed by atoms with van der Waals surface area (Å²) in [5.74, 6) is 0.873. The predicted octanol–water partition coefficient (Wildman–Crippen LogP) is 1.51. The number of nitrogens with zero attached hydrogens (tertiary/aromatic N) is 2. The topological polar surface area (TPSA) is 62.8 Å². The summed E-state index contributed by atoms with van der Waals surface area (Å²) in [5, 5.41) is 13.8. The van der Waals surface area contributed by atoms with Crippen molar-refractivity contribution in [1.82, 2.24) is 20.7 Å². The van der Waals surface area contributed by atoms with Crippen molar-refractivity contribution in [2.24, 2.45) is 0 Å². The molecular weight excluding hydrogens is 216 g/mol. The Morgan fingerprint density at radius 2 is 2.24 bits per heavy atom. The molecule has 0 saturated heterocycles. The summed E-state index contributed by atoms with van der Waals surface area (Å²) in [6.07, 6.45) is 1.71. The summed E-state index contributed by atoms with van der Waals surface area (Å²) >= 11 is 0. The molecule has 2 aromatic rings. The molecule has 1 heterocycles. The minimum Gasteiger partial charge on any atom is -0.494 e. The number of aromatic amines is 1. The first kappa shape index (κ1) is 11.6. The lowest BCUT2D eigenvalue weighted by molar-refractivity contribution is 0.334. The van der Waals surface area contributed by atoms with Crippen LogP contribution in [0.15, 0.2) is 30.5 Å². The van der Waals surface area contributed by atoms with Gasteiger partial charge in [0.1, 0.15) is 11.4 Å². The van der Waals surface area contributed by atoms with Crippen LogP contribution in [-0.4, -0.2) is 29.1 Å². The van der Waals surface area contributed by atoms with E-state index in [1.54, 1.807) is 6.20 Å². The summed E-state index contributed by atoms with van der Waals surface area (Å²) in [6.45, 7) is 2.62. The first-order valence-corrected chi connectivity index (χ1v) is 5.61. The van der Waals surface area contributed by atoms with Crippen LogP contribution in [0.3, 0.4) is 0 Å². The van der Waals surface area contributed by atoms with E-state index in [0.29, 0.717) is 6.61 Å². The number of hydrogen-bond acceptors (Lipinski definition) is 4. The van der Waals surface area contributed by atoms with E-state index in [-0.39, 0.29) is 6.04 Å². The number of nitrogens with one attached hydrogen (secondary N) is 2. The van der Waals surface area contributed by atoms with Crippen molar-refractivity contribution >= 4 is 0 Å². The Morgan fingerprint density at radius 3 is 2.88 bits per heavy atom. The molecule has 1 atom stereocenters. The van der Waals surface area contributed by atoms with Crippen molar-refractivity contribution in [2.75, 3.05) is 13.7 Å². The van der Waals surface area contributed by atoms with Crippen molar-refractivity contribution in [3.63, 3.8) is 0 Å². The van der Waals surface area contributed by atoms with Gasteiger partial charge in [-0.05, 0) is 20.0 Å². The Bertz CT molecular complexity index is 455. The summed E-state index contributed by atoms with van der Waals surface area (Å²) in [7, 11) is 1.89. The monoisotopic (exact) mass is 232 g/mol. The van der Waals surface area contributed by atoms with Crippen LogP contribution in [-0.2, 0) is 0 Å². The summed E-state index contributed by atoms with van der Waals surface area (Å²) in [4.78, 5) is 0. The van der Waals surface area contributed by atoms with Crippen molar-refractivity contribution < 1.29 is 4.74 Å². The van der Waals surface area contributed by atoms with E-state index in [0.717, 1.165) is 17.0 Å². The molecule has 0 bridgehead atoms. The van der Waals surface area contributed by atoms with Crippen molar-refractivity contribution in [1.29, 1.82) is 0 Å². The number of benzene rings is 1. The maximum atomic E-state index is 5.62. The Balaban J connectivity index is 2.37. The molecule has 1 aromatic carbocycles. The average molecular weight is 232 g/mol. The molecule has 1 unspecified atom stereocenters. The molecule has 0 spiro atoms. The number of H-pyrrole nitrogens is 1. The van der Waals surface area contributed by atoms with Crippen molar-refractivity contribution in [3.8, 4) is 5.75 Å². The van der Waals surface area contributed by atoms with E-state index >= 15 is 0 Å². The second-order valence-electron chi connectivity index (χ2n) is 3.59. The van der Waals surface area contributed by atoms with Gasteiger partial charge >= 0.3 is 0 Å². The Morgan fingerprint density at radius 1 is 1.41 bits per heavy atom. The van der Waals surface area contributed by atoms with Gasteiger partial charge in [0.05, 0.1) is 18.8 Å². The highest BCUT2D eigenvalue weighted by Gasteiger charge is 2.18. The predicted molar refractivity (Wildman–Crippen MR) is 64.9 cm³/mol. The smallest absolute Gasteiger partial charge is 0.124 e. The third kappa shape index (κ3) is 2.45. The van der Waals surface area contributed by atoms with Gasteiger partial charge in [-0.3, -0.25) is 0 Å². The first-order valence-electron chi connectivity index (χ1n) is 5.61. The third-order valence-corrected chi connectivity index (χ3v) is 2.55. The molecular formula is C12H16N4O. The highest BCUT2D eigenvalue weighted by molar-refractivity contribution is 5.39. The molecule has 0 amide bonds. The highest BCUT2D eigenvalue weighted by Crippen LogP contribution is 2.28. The number of rotatable bonds is 5. The normalized spacial score (nSPS) is 12.4. The van der Waals surface area contributed by atoms with E-state index in [1.807, 2.05) is 38.2 Å². The zero-order valence-corrected chi connectivity index (χ0v) is 9.97. The molecule has 5 heteroatoms. The fourth-order valence-corrected chi connectivity index (χ4v) is 1.82. The van der Waals surface area contributed by atoms with Crippen molar-refractivity contribution in [2.45, 2.75) is 13.0 Å². The van der Waals surface area contributed by atoms with Crippen LogP contribution in [0.25, 0.3) is 0 Å². The maximum absolute atomic E-state index is 5.62. The van der Waals surface area contributed by atoms with Gasteiger partial charge < -0.3 is 10.1 Å². The van der Waals surface area contributed by atoms with Crippen LogP contribution in [0.2, 0.25) is 0 Å². The minimum absolute atomic E-state index is 0.0171. The summed E-state index contributed by atoms with van der Waals surface area (Å²) < 4.78 is 5.62. The SMILES string of the molecule is CCOc1ccccc1C(NC)c1cn[nH]n1. The molecule has 0 saturated carbocycles. The molecule has 0 aliphatic rings. The van der Waals surface area contributed by atoms with Crippen LogP contribution in [0.4, 0.5) is 0 Å². The van der Waals surface area contributed by atoms with Gasteiger partial charge in [0.15, 0.2) is 0 Å². The van der Waals surface area contributed by atoms with Crippen LogP contribution in [0.5, 0.6) is 5.75 Å². The Hall–Kier alpha value is -1.88. The fourth-order valence-electron chi connectivity index (χ4n) is 1.82. The Kier molecular flexibility index (Phi) is 3.72. The van der Waals surface area contributed by atoms with Crippen LogP contribution >= 0.6 is 0 Å². The molecule has 0 fully saturated rings. The summed E-state index contributed by atoms with van der Waals surface area (Å²) in [6, 6.07) is 7.92. The zero-order chi connectivity index (χ0) is 12.1. The number of para-hydroxylation sites is 1. The van der Waals surface area contributed by atoms with E-state index in [2.05, 4.69) is 20.7 Å². The molecule has 90 valence electrons. The number of aromatic nitrogens is 3. The van der Waals surface area contributed by atoms with Gasteiger partial charge in [-0.15, -0.1) is 0 Å². The molecule has 0 aliphatic carbocycles. The zero-order valence-electron chi connectivity index (χ0n) is 9.97. The molecule has 1 aromatic heterocycles. The molecule has 2 N–H and O–H groups in total. The van der Waals surface area contributed by atoms with Gasteiger partial charge in [-0.25, -0.2) is 0 Å². The standard InChI is InChI=1S/C12H16N4O/c1-3-17-11-7-5-4-6-9(11)12(13-2)10-8-14-16-15-10/h4-8,12-13H,3H2,1-2H3,(H,14,15,16). The average Bonchev–Trinajstić information content (AvgIpc) is 2.86. The minimum atomic E-state index is -0.0171. The van der Waals surface area contributed by atoms with E-state index in [4.69, 9.17) is 4.74 Å². The quantitative estimate of drug-likeness (QED) is 0.820. The first-order chi connectivity index (χ1) is 8.36. The lowest BCUT2D eigenvalue weighted by Crippen LogP contribution is -2.19. The van der Waals surface area contributed by atoms with Crippen LogP contribution in [0.1, 0.15) is 24.2 Å². The highest BCUT2D eigenvalue weighted by atomic mass is 16.5. The molecule has 2 rings (SSSR count). The van der Waals surface area contributed by atoms with Gasteiger partial charge in [-0.2, -0.15) is 15.4 Å². The number of ether oxygens (including phenoxy) is 1. The molecule has 0 aliphatic heterocycles. The second kappa shape index (κ2) is 5.45. The lowest BCUT2D eigenvalue weighted by atomic mass is 10.0. The van der Waals surface area contributed by atoms with Crippen LogP contribution in [0, 0.1) is 0 Å². The van der Waals surface area contributed by atoms with Gasteiger partial charge in [-0.1, -0.05) is 18.2 Å². The van der Waals surface area contributed by atoms with Gasteiger partial charge in [0.2, 0.25) is 0 Å². The Labute approximate surface area is 100 Å². The van der Waals surface area contributed by atoms with Gasteiger partial charge in [0, 0.05) is 5.56 Å². The largest absolute Gasteiger partial charge is 0.494 e. The van der Waals surface area contributed by atoms with E-state index < -0.39 is 0 Å². The maximum Gasteiger partial charge on any atom is 0.124 e.